The predicted octanol–water partition coefficient (Wildman–Crippen LogP) is 6.05. The number of carbonyl (C=O) groups excluding carboxylic acids is 1. The lowest BCUT2D eigenvalue weighted by Crippen LogP contribution is -2.50. The largest absolute Gasteiger partial charge is 0.489 e. The second-order valence-corrected chi connectivity index (χ2v) is 13.0. The first-order valence-corrected chi connectivity index (χ1v) is 14.2. The van der Waals surface area contributed by atoms with E-state index in [1.165, 1.54) is 11.3 Å². The Morgan fingerprint density at radius 2 is 1.84 bits per heavy atom. The van der Waals surface area contributed by atoms with Crippen LogP contribution in [0.1, 0.15) is 93.6 Å². The molecule has 2 fully saturated rings. The van der Waals surface area contributed by atoms with Crippen LogP contribution in [0.3, 0.4) is 0 Å². The molecule has 0 saturated heterocycles. The van der Waals surface area contributed by atoms with E-state index in [0.717, 1.165) is 30.6 Å². The van der Waals surface area contributed by atoms with Gasteiger partial charge in [0.25, 0.3) is 0 Å². The molecule has 2 aliphatic rings. The van der Waals surface area contributed by atoms with E-state index < -0.39 is 11.6 Å². The molecule has 7 nitrogen and oxygen atoms in total. The number of carbonyl (C=O) groups is 2. The van der Waals surface area contributed by atoms with Crippen molar-refractivity contribution in [3.8, 4) is 5.75 Å². The van der Waals surface area contributed by atoms with Crippen LogP contribution in [0, 0.1) is 11.8 Å². The smallest absolute Gasteiger partial charge is 0.348 e. The summed E-state index contributed by atoms with van der Waals surface area (Å²) in [6.45, 7) is 8.57. The molecule has 8 heteroatoms. The highest BCUT2D eigenvalue weighted by molar-refractivity contribution is 7.14. The number of carboxylic acids is 1. The second-order valence-electron chi connectivity index (χ2n) is 12.0. The Morgan fingerprint density at radius 1 is 1.16 bits per heavy atom. The summed E-state index contributed by atoms with van der Waals surface area (Å²) in [5, 5.41) is 21.3. The van der Waals surface area contributed by atoms with Crippen LogP contribution < -0.4 is 9.64 Å². The predicted molar refractivity (Wildman–Crippen MR) is 146 cm³/mol. The number of hydrogen-bond acceptors (Lipinski definition) is 6. The minimum absolute atomic E-state index is 0.0368. The van der Waals surface area contributed by atoms with Crippen LogP contribution in [-0.2, 0) is 10.2 Å². The number of aromatic nitrogens is 1. The number of thiophene rings is 1. The Labute approximate surface area is 223 Å². The van der Waals surface area contributed by atoms with Gasteiger partial charge < -0.3 is 19.8 Å². The topological polar surface area (TPSA) is 100.0 Å². The summed E-state index contributed by atoms with van der Waals surface area (Å²) >= 11 is 1.27. The molecule has 2 aromatic heterocycles. The molecule has 4 rings (SSSR count). The number of hydrogen-bond donors (Lipinski definition) is 2. The van der Waals surface area contributed by atoms with Gasteiger partial charge in [-0.1, -0.05) is 27.7 Å². The maximum atomic E-state index is 14.1. The molecule has 0 atom stereocenters. The van der Waals surface area contributed by atoms with E-state index in [1.54, 1.807) is 23.4 Å². The van der Waals surface area contributed by atoms with Crippen molar-refractivity contribution < 1.29 is 24.5 Å². The number of ether oxygens (including phenoxy) is 1. The number of amides is 1. The maximum Gasteiger partial charge on any atom is 0.348 e. The van der Waals surface area contributed by atoms with Gasteiger partial charge in [-0.2, -0.15) is 0 Å². The minimum atomic E-state index is -0.998. The molecular formula is C29H40N2O5S. The highest BCUT2D eigenvalue weighted by atomic mass is 32.1. The van der Waals surface area contributed by atoms with Crippen LogP contribution in [0.5, 0.6) is 5.75 Å². The third-order valence-electron chi connectivity index (χ3n) is 7.90. The van der Waals surface area contributed by atoms with Gasteiger partial charge in [0, 0.05) is 23.0 Å². The van der Waals surface area contributed by atoms with Gasteiger partial charge in [-0.15, -0.1) is 11.3 Å². The van der Waals surface area contributed by atoms with Crippen molar-refractivity contribution in [3.05, 3.63) is 40.3 Å². The van der Waals surface area contributed by atoms with Crippen LogP contribution in [0.25, 0.3) is 0 Å². The average Bonchev–Trinajstić information content (AvgIpc) is 3.31. The molecule has 2 aromatic rings. The van der Waals surface area contributed by atoms with Crippen molar-refractivity contribution in [3.63, 3.8) is 0 Å². The Kier molecular flexibility index (Phi) is 8.29. The summed E-state index contributed by atoms with van der Waals surface area (Å²) in [5.41, 5.74) is -0.700. The fourth-order valence-corrected chi connectivity index (χ4v) is 6.52. The highest BCUT2D eigenvalue weighted by Gasteiger charge is 2.41. The number of aromatic carboxylic acids is 1. The highest BCUT2D eigenvalue weighted by Crippen LogP contribution is 2.42. The van der Waals surface area contributed by atoms with Crippen molar-refractivity contribution in [2.45, 2.75) is 96.1 Å². The Bertz CT molecular complexity index is 1080. The van der Waals surface area contributed by atoms with Gasteiger partial charge >= 0.3 is 5.97 Å². The van der Waals surface area contributed by atoms with Gasteiger partial charge in [0.05, 0.1) is 17.5 Å². The molecule has 0 unspecified atom stereocenters. The van der Waals surface area contributed by atoms with Crippen molar-refractivity contribution >= 4 is 28.9 Å². The lowest BCUT2D eigenvalue weighted by molar-refractivity contribution is -0.124. The molecule has 2 heterocycles. The second kappa shape index (κ2) is 11.1. The van der Waals surface area contributed by atoms with Crippen LogP contribution in [0.15, 0.2) is 30.6 Å². The number of anilines is 1. The lowest BCUT2D eigenvalue weighted by atomic mass is 9.79. The Balaban J connectivity index is 1.58. The van der Waals surface area contributed by atoms with E-state index in [0.29, 0.717) is 43.0 Å². The van der Waals surface area contributed by atoms with E-state index in [-0.39, 0.29) is 34.8 Å². The average molecular weight is 529 g/mol. The van der Waals surface area contributed by atoms with E-state index in [1.807, 2.05) is 12.1 Å². The van der Waals surface area contributed by atoms with Crippen LogP contribution in [-0.4, -0.2) is 45.3 Å². The molecule has 2 N–H and O–H groups in total. The van der Waals surface area contributed by atoms with Crippen molar-refractivity contribution in [1.29, 1.82) is 0 Å². The minimum Gasteiger partial charge on any atom is -0.489 e. The van der Waals surface area contributed by atoms with Gasteiger partial charge in [0.15, 0.2) is 0 Å². The summed E-state index contributed by atoms with van der Waals surface area (Å²) in [5.74, 6) is 0.175. The molecule has 1 amide bonds. The summed E-state index contributed by atoms with van der Waals surface area (Å²) in [4.78, 5) is 33.4. The molecule has 2 saturated carbocycles. The summed E-state index contributed by atoms with van der Waals surface area (Å²) < 4.78 is 5.80. The molecule has 0 bridgehead atoms. The molecule has 0 aromatic carbocycles. The third kappa shape index (κ3) is 6.52. The first-order valence-electron chi connectivity index (χ1n) is 13.4. The van der Waals surface area contributed by atoms with Crippen LogP contribution >= 0.6 is 11.3 Å². The fraction of sp³-hybridized carbons (Fsp3) is 0.621. The molecule has 0 radical (unpaired) electrons. The van der Waals surface area contributed by atoms with Crippen LogP contribution in [0.4, 0.5) is 5.69 Å². The van der Waals surface area contributed by atoms with Gasteiger partial charge in [-0.05, 0) is 80.9 Å². The van der Waals surface area contributed by atoms with Gasteiger partial charge in [-0.25, -0.2) is 4.79 Å². The maximum absolute atomic E-state index is 14.1. The first kappa shape index (κ1) is 27.6. The molecule has 37 heavy (non-hydrogen) atoms. The number of aliphatic hydroxyl groups is 1. The van der Waals surface area contributed by atoms with Crippen LogP contribution in [0.2, 0.25) is 0 Å². The van der Waals surface area contributed by atoms with E-state index in [4.69, 9.17) is 4.74 Å². The standard InChI is InChI=1S/C29H40N2O5S/c1-19-7-9-20(10-8-19)26(32)31(23-16-24(28(2,3)4)37-25(23)27(33)34)21-11-13-29(35,14-12-21)18-36-22-6-5-15-30-17-22/h5-6,15-17,19-21,35H,7-14,18H2,1-4H3,(H,33,34)/t19-,20-,21?,29?. The molecule has 0 aliphatic heterocycles. The number of nitrogens with zero attached hydrogens (tertiary/aromatic N) is 2. The van der Waals surface area contributed by atoms with Crippen molar-refractivity contribution in [1.82, 2.24) is 4.98 Å². The van der Waals surface area contributed by atoms with Crippen molar-refractivity contribution in [2.24, 2.45) is 11.8 Å². The normalized spacial score (nSPS) is 26.5. The van der Waals surface area contributed by atoms with E-state index in [2.05, 4.69) is 32.7 Å². The zero-order valence-electron chi connectivity index (χ0n) is 22.4. The summed E-state index contributed by atoms with van der Waals surface area (Å²) in [7, 11) is 0. The molecule has 202 valence electrons. The zero-order valence-corrected chi connectivity index (χ0v) is 23.2. The summed E-state index contributed by atoms with van der Waals surface area (Å²) in [6.07, 6.45) is 9.12. The Morgan fingerprint density at radius 3 is 2.41 bits per heavy atom. The first-order chi connectivity index (χ1) is 17.5. The monoisotopic (exact) mass is 528 g/mol. The fourth-order valence-electron chi connectivity index (χ4n) is 5.47. The lowest BCUT2D eigenvalue weighted by Gasteiger charge is -2.42. The SMILES string of the molecule is CC(C)(C)c1cc(N(C(=O)[C@H]2CC[C@H](C)CC2)C2CCC(O)(COc3cccnc3)CC2)c(C(=O)O)s1. The molecule has 0 spiro atoms. The molecular weight excluding hydrogens is 488 g/mol. The zero-order chi connectivity index (χ0) is 26.8. The van der Waals surface area contributed by atoms with Gasteiger partial charge in [0.1, 0.15) is 17.2 Å². The van der Waals surface area contributed by atoms with E-state index >= 15 is 0 Å². The number of pyridine rings is 1. The number of carboxylic acid groups (broad SMARTS) is 1. The van der Waals surface area contributed by atoms with Crippen molar-refractivity contribution in [2.75, 3.05) is 11.5 Å². The van der Waals surface area contributed by atoms with Gasteiger partial charge in [-0.3, -0.25) is 9.78 Å². The summed E-state index contributed by atoms with van der Waals surface area (Å²) in [6, 6.07) is 5.36. The Hall–Kier alpha value is -2.45. The third-order valence-corrected chi connectivity index (χ3v) is 9.44. The quantitative estimate of drug-likeness (QED) is 0.454. The van der Waals surface area contributed by atoms with Gasteiger partial charge in [0.2, 0.25) is 5.91 Å². The van der Waals surface area contributed by atoms with E-state index in [9.17, 15) is 19.8 Å². The number of rotatable bonds is 7. The molecule has 2 aliphatic carbocycles.